The first kappa shape index (κ1) is 15.1. The van der Waals surface area contributed by atoms with Gasteiger partial charge in [-0.2, -0.15) is 0 Å². The molecule has 4 fully saturated rings. The molecule has 0 atom stereocenters. The van der Waals surface area contributed by atoms with E-state index in [0.717, 1.165) is 23.2 Å². The van der Waals surface area contributed by atoms with Crippen LogP contribution in [0.3, 0.4) is 0 Å². The van der Waals surface area contributed by atoms with E-state index in [9.17, 15) is 0 Å². The lowest BCUT2D eigenvalue weighted by Gasteiger charge is -2.55. The summed E-state index contributed by atoms with van der Waals surface area (Å²) >= 11 is 0. The quantitative estimate of drug-likeness (QED) is 0.640. The Hall–Kier alpha value is -1.14. The summed E-state index contributed by atoms with van der Waals surface area (Å²) in [5, 5.41) is 4.56. The van der Waals surface area contributed by atoms with Crippen molar-refractivity contribution in [1.82, 2.24) is 5.16 Å². The molecule has 0 saturated heterocycles. The largest absolute Gasteiger partial charge is 0.355 e. The average Bonchev–Trinajstić information content (AvgIpc) is 2.95. The zero-order valence-corrected chi connectivity index (χ0v) is 15.8. The maximum atomic E-state index is 6.04. The maximum Gasteiger partial charge on any atom is 0.169 e. The lowest BCUT2D eigenvalue weighted by molar-refractivity contribution is -0.0153. The standard InChI is InChI=1S/C21H26NOP/c1-12-4-13(2)18(14(3)5-12)19-22-23-20(24-19)21-9-15-6-16(10-21)8-17(7-15)11-21/h4-5,15-17H,6-11H2,1-3H3. The zero-order chi connectivity index (χ0) is 16.5. The Morgan fingerprint density at radius 1 is 0.958 bits per heavy atom. The molecule has 0 aliphatic heterocycles. The topological polar surface area (TPSA) is 26.0 Å². The van der Waals surface area contributed by atoms with Gasteiger partial charge in [0.05, 0.1) is 0 Å². The third kappa shape index (κ3) is 2.22. The van der Waals surface area contributed by atoms with E-state index in [4.69, 9.17) is 4.52 Å². The molecular weight excluding hydrogens is 313 g/mol. The Bertz CT molecular complexity index is 748. The summed E-state index contributed by atoms with van der Waals surface area (Å²) in [4.78, 5) is 0. The van der Waals surface area contributed by atoms with Gasteiger partial charge in [0.25, 0.3) is 0 Å². The Kier molecular flexibility index (Phi) is 3.27. The minimum Gasteiger partial charge on any atom is -0.355 e. The molecule has 3 heteroatoms. The Balaban J connectivity index is 1.55. The van der Waals surface area contributed by atoms with Crippen LogP contribution in [0, 0.1) is 38.5 Å². The number of aromatic nitrogens is 1. The van der Waals surface area contributed by atoms with Crippen molar-refractivity contribution >= 4 is 8.19 Å². The van der Waals surface area contributed by atoms with Gasteiger partial charge in [0.15, 0.2) is 5.49 Å². The van der Waals surface area contributed by atoms with Crippen LogP contribution in [0.15, 0.2) is 16.7 Å². The van der Waals surface area contributed by atoms with E-state index in [0.29, 0.717) is 5.41 Å². The number of nitrogens with zero attached hydrogens (tertiary/aromatic N) is 1. The highest BCUT2D eigenvalue weighted by Gasteiger charge is 2.53. The number of aryl methyl sites for hydroxylation is 3. The fourth-order valence-corrected chi connectivity index (χ4v) is 7.78. The van der Waals surface area contributed by atoms with Crippen molar-refractivity contribution in [3.8, 4) is 11.0 Å². The molecule has 2 nitrogen and oxygen atoms in total. The first-order chi connectivity index (χ1) is 11.5. The molecule has 2 aromatic rings. The summed E-state index contributed by atoms with van der Waals surface area (Å²) in [7, 11) is 1.24. The number of hydrogen-bond acceptors (Lipinski definition) is 2. The second-order valence-electron chi connectivity index (χ2n) is 8.89. The van der Waals surface area contributed by atoms with Gasteiger partial charge in [-0.15, -0.1) is 0 Å². The minimum absolute atomic E-state index is 0.341. The van der Waals surface area contributed by atoms with Gasteiger partial charge in [0.2, 0.25) is 0 Å². The molecule has 1 heterocycles. The van der Waals surface area contributed by atoms with E-state index in [1.807, 2.05) is 0 Å². The molecule has 1 aromatic carbocycles. The van der Waals surface area contributed by atoms with Crippen LogP contribution in [0.1, 0.15) is 60.7 Å². The van der Waals surface area contributed by atoms with E-state index in [-0.39, 0.29) is 0 Å². The van der Waals surface area contributed by atoms with Crippen LogP contribution in [-0.4, -0.2) is 5.16 Å². The minimum atomic E-state index is 0.341. The van der Waals surface area contributed by atoms with Crippen LogP contribution in [-0.2, 0) is 5.41 Å². The van der Waals surface area contributed by atoms with Crippen LogP contribution < -0.4 is 0 Å². The van der Waals surface area contributed by atoms with E-state index < -0.39 is 0 Å². The average molecular weight is 339 g/mol. The molecule has 0 unspecified atom stereocenters. The molecular formula is C21H26NOP. The third-order valence-electron chi connectivity index (χ3n) is 6.82. The van der Waals surface area contributed by atoms with Gasteiger partial charge >= 0.3 is 0 Å². The Morgan fingerprint density at radius 3 is 2.04 bits per heavy atom. The number of benzene rings is 1. The van der Waals surface area contributed by atoms with E-state index in [1.165, 1.54) is 74.5 Å². The predicted octanol–water partition coefficient (Wildman–Crippen LogP) is 6.31. The predicted molar refractivity (Wildman–Crippen MR) is 98.5 cm³/mol. The second kappa shape index (κ2) is 5.18. The normalized spacial score (nSPS) is 34.4. The molecule has 4 aliphatic rings. The molecule has 6 rings (SSSR count). The van der Waals surface area contributed by atoms with Crippen LogP contribution >= 0.6 is 8.19 Å². The summed E-state index contributed by atoms with van der Waals surface area (Å²) < 4.78 is 6.04. The molecule has 0 radical (unpaired) electrons. The lowest BCUT2D eigenvalue weighted by Crippen LogP contribution is -2.48. The van der Waals surface area contributed by atoms with Gasteiger partial charge in [-0.3, -0.25) is 0 Å². The van der Waals surface area contributed by atoms with Crippen molar-refractivity contribution in [2.24, 2.45) is 17.8 Å². The van der Waals surface area contributed by atoms with Crippen molar-refractivity contribution in [2.75, 3.05) is 0 Å². The van der Waals surface area contributed by atoms with Gasteiger partial charge in [0.1, 0.15) is 5.43 Å². The summed E-state index contributed by atoms with van der Waals surface area (Å²) in [6, 6.07) is 4.53. The summed E-state index contributed by atoms with van der Waals surface area (Å²) in [5.74, 6) is 2.86. The van der Waals surface area contributed by atoms with Gasteiger partial charge in [-0.05, 0) is 88.2 Å². The van der Waals surface area contributed by atoms with Crippen LogP contribution in [0.25, 0.3) is 11.0 Å². The van der Waals surface area contributed by atoms with Crippen LogP contribution in [0.4, 0.5) is 0 Å². The molecule has 1 aromatic heterocycles. The zero-order valence-electron chi connectivity index (χ0n) is 14.9. The first-order valence-corrected chi connectivity index (χ1v) is 10.3. The van der Waals surface area contributed by atoms with Crippen molar-refractivity contribution in [2.45, 2.75) is 64.7 Å². The maximum absolute atomic E-state index is 6.04. The monoisotopic (exact) mass is 339 g/mol. The van der Waals surface area contributed by atoms with E-state index in [2.05, 4.69) is 38.1 Å². The van der Waals surface area contributed by atoms with Crippen molar-refractivity contribution in [1.29, 1.82) is 0 Å². The molecule has 4 saturated carbocycles. The second-order valence-corrected chi connectivity index (χ2v) is 9.95. The summed E-state index contributed by atoms with van der Waals surface area (Å²) in [6.45, 7) is 6.58. The lowest BCUT2D eigenvalue weighted by atomic mass is 9.50. The summed E-state index contributed by atoms with van der Waals surface area (Å²) in [5.41, 5.74) is 8.04. The smallest absolute Gasteiger partial charge is 0.169 e. The molecule has 126 valence electrons. The molecule has 0 amide bonds. The van der Waals surface area contributed by atoms with Crippen molar-refractivity contribution < 1.29 is 4.52 Å². The van der Waals surface area contributed by atoms with Gasteiger partial charge in [-0.25, -0.2) is 0 Å². The SMILES string of the molecule is Cc1cc(C)c(-c2noc(C34CC5CC(CC(C5)C3)C4)p2)c(C)c1. The Morgan fingerprint density at radius 2 is 1.50 bits per heavy atom. The highest BCUT2D eigenvalue weighted by Crippen LogP contribution is 2.62. The molecule has 4 bridgehead atoms. The number of rotatable bonds is 2. The van der Waals surface area contributed by atoms with Gasteiger partial charge in [-0.1, -0.05) is 22.9 Å². The Labute approximate surface area is 146 Å². The summed E-state index contributed by atoms with van der Waals surface area (Å²) in [6.07, 6.45) is 8.51. The molecule has 24 heavy (non-hydrogen) atoms. The van der Waals surface area contributed by atoms with Crippen LogP contribution in [0.2, 0.25) is 0 Å². The highest BCUT2D eigenvalue weighted by atomic mass is 31.0. The van der Waals surface area contributed by atoms with Gasteiger partial charge < -0.3 is 4.52 Å². The fraction of sp³-hybridized carbons (Fsp3) is 0.619. The third-order valence-corrected chi connectivity index (χ3v) is 8.09. The fourth-order valence-electron chi connectivity index (χ4n) is 6.45. The highest BCUT2D eigenvalue weighted by molar-refractivity contribution is 7.34. The van der Waals surface area contributed by atoms with Crippen LogP contribution in [0.5, 0.6) is 0 Å². The molecule has 4 aliphatic carbocycles. The number of hydrogen-bond donors (Lipinski definition) is 0. The molecule has 0 N–H and O–H groups in total. The van der Waals surface area contributed by atoms with Gasteiger partial charge in [0, 0.05) is 19.2 Å². The van der Waals surface area contributed by atoms with E-state index in [1.54, 1.807) is 0 Å². The van der Waals surface area contributed by atoms with E-state index >= 15 is 0 Å². The van der Waals surface area contributed by atoms with Crippen molar-refractivity contribution in [3.63, 3.8) is 0 Å². The first-order valence-electron chi connectivity index (χ1n) is 9.45. The van der Waals surface area contributed by atoms with Crippen molar-refractivity contribution in [3.05, 3.63) is 34.3 Å². The molecule has 0 spiro atoms.